The predicted molar refractivity (Wildman–Crippen MR) is 121 cm³/mol. The number of benzene rings is 4. The summed E-state index contributed by atoms with van der Waals surface area (Å²) in [5, 5.41) is 4.92. The third kappa shape index (κ3) is 1.65. The summed E-state index contributed by atoms with van der Waals surface area (Å²) in [6.45, 7) is 0. The fourth-order valence-corrected chi connectivity index (χ4v) is 7.29. The quantitative estimate of drug-likeness (QED) is 0.259. The Bertz CT molecular complexity index is 1630. The van der Waals surface area contributed by atoms with Crippen LogP contribution in [0.4, 0.5) is 0 Å². The topological polar surface area (TPSA) is 17.1 Å². The van der Waals surface area contributed by atoms with Crippen molar-refractivity contribution in [3.05, 3.63) is 83.9 Å². The highest BCUT2D eigenvalue weighted by Gasteiger charge is 2.33. The second-order valence-electron chi connectivity index (χ2n) is 7.23. The standard InChI is InChI=1S/C25H12OS2/c26-23-14-8-2-1-7-13(14)19-22(23)20-15-9-3-5-11-17(15)27-25(20)21-16-10-4-6-12-18(16)28-24(19)21/h1-12H. The van der Waals surface area contributed by atoms with Gasteiger partial charge in [-0.1, -0.05) is 60.7 Å². The average Bonchev–Trinajstić information content (AvgIpc) is 3.38. The van der Waals surface area contributed by atoms with Gasteiger partial charge in [0, 0.05) is 57.0 Å². The number of thiophene rings is 2. The van der Waals surface area contributed by atoms with Crippen LogP contribution in [0.15, 0.2) is 72.8 Å². The van der Waals surface area contributed by atoms with Gasteiger partial charge in [-0.05, 0) is 17.7 Å². The first kappa shape index (κ1) is 15.0. The molecule has 0 fully saturated rings. The second kappa shape index (κ2) is 5.07. The summed E-state index contributed by atoms with van der Waals surface area (Å²) in [4.78, 5) is 13.5. The van der Waals surface area contributed by atoms with E-state index in [9.17, 15) is 4.79 Å². The minimum absolute atomic E-state index is 0.165. The van der Waals surface area contributed by atoms with Crippen molar-refractivity contribution in [3.63, 3.8) is 0 Å². The van der Waals surface area contributed by atoms with Gasteiger partial charge in [-0.2, -0.15) is 0 Å². The molecule has 7 rings (SSSR count). The van der Waals surface area contributed by atoms with E-state index >= 15 is 0 Å². The first-order chi connectivity index (χ1) is 13.8. The van der Waals surface area contributed by atoms with Gasteiger partial charge in [-0.25, -0.2) is 0 Å². The first-order valence-corrected chi connectivity index (χ1v) is 10.9. The molecule has 0 spiro atoms. The minimum atomic E-state index is 0.165. The molecule has 0 aliphatic heterocycles. The smallest absolute Gasteiger partial charge is 0.195 e. The SMILES string of the molecule is O=C1c2ccccc2-c2c1c1c3ccccc3sc1c1c2sc2ccccc21. The van der Waals surface area contributed by atoms with Gasteiger partial charge >= 0.3 is 0 Å². The van der Waals surface area contributed by atoms with Gasteiger partial charge in [0.1, 0.15) is 0 Å². The monoisotopic (exact) mass is 392 g/mol. The van der Waals surface area contributed by atoms with Crippen LogP contribution in [0.3, 0.4) is 0 Å². The van der Waals surface area contributed by atoms with Crippen molar-refractivity contribution in [2.75, 3.05) is 0 Å². The molecular weight excluding hydrogens is 380 g/mol. The normalized spacial score (nSPS) is 13.1. The molecule has 28 heavy (non-hydrogen) atoms. The van der Waals surface area contributed by atoms with Gasteiger partial charge in [-0.15, -0.1) is 22.7 Å². The van der Waals surface area contributed by atoms with Crippen LogP contribution in [-0.2, 0) is 0 Å². The summed E-state index contributed by atoms with van der Waals surface area (Å²) in [7, 11) is 0. The van der Waals surface area contributed by atoms with E-state index in [1.165, 1.54) is 35.0 Å². The molecule has 0 unspecified atom stereocenters. The van der Waals surface area contributed by atoms with Gasteiger partial charge in [0.15, 0.2) is 5.78 Å². The Morgan fingerprint density at radius 3 is 1.86 bits per heavy atom. The van der Waals surface area contributed by atoms with Crippen molar-refractivity contribution in [2.45, 2.75) is 0 Å². The third-order valence-corrected chi connectivity index (χ3v) is 8.19. The van der Waals surface area contributed by atoms with Gasteiger partial charge in [0.05, 0.1) is 0 Å². The molecule has 0 N–H and O–H groups in total. The van der Waals surface area contributed by atoms with Crippen molar-refractivity contribution in [1.82, 2.24) is 0 Å². The zero-order chi connectivity index (χ0) is 18.4. The van der Waals surface area contributed by atoms with E-state index in [2.05, 4.69) is 54.6 Å². The van der Waals surface area contributed by atoms with Crippen LogP contribution in [0.1, 0.15) is 15.9 Å². The summed E-state index contributed by atoms with van der Waals surface area (Å²) >= 11 is 3.62. The van der Waals surface area contributed by atoms with Crippen LogP contribution >= 0.6 is 22.7 Å². The molecule has 1 aliphatic rings. The Hall–Kier alpha value is -3.01. The Labute approximate surface area is 168 Å². The highest BCUT2D eigenvalue weighted by molar-refractivity contribution is 7.30. The van der Waals surface area contributed by atoms with Gasteiger partial charge in [0.2, 0.25) is 0 Å². The molecule has 0 amide bonds. The maximum atomic E-state index is 13.5. The number of carbonyl (C=O) groups excluding carboxylic acids is 1. The zero-order valence-electron chi connectivity index (χ0n) is 14.7. The molecule has 2 heterocycles. The molecule has 0 saturated carbocycles. The number of rotatable bonds is 0. The molecule has 3 heteroatoms. The molecule has 0 radical (unpaired) electrons. The molecule has 0 atom stereocenters. The Kier molecular flexibility index (Phi) is 2.71. The first-order valence-electron chi connectivity index (χ1n) is 9.25. The summed E-state index contributed by atoms with van der Waals surface area (Å²) in [6, 6.07) is 25.2. The molecule has 1 aliphatic carbocycles. The zero-order valence-corrected chi connectivity index (χ0v) is 16.3. The third-order valence-electron chi connectivity index (χ3n) is 5.81. The maximum Gasteiger partial charge on any atom is 0.195 e. The molecular formula is C25H12OS2. The van der Waals surface area contributed by atoms with Crippen molar-refractivity contribution >= 4 is 68.8 Å². The minimum Gasteiger partial charge on any atom is -0.289 e. The highest BCUT2D eigenvalue weighted by Crippen LogP contribution is 2.53. The lowest BCUT2D eigenvalue weighted by Gasteiger charge is -2.05. The van der Waals surface area contributed by atoms with Crippen LogP contribution in [0, 0.1) is 0 Å². The van der Waals surface area contributed by atoms with E-state index < -0.39 is 0 Å². The largest absolute Gasteiger partial charge is 0.289 e. The summed E-state index contributed by atoms with van der Waals surface area (Å²) < 4.78 is 5.01. The fourth-order valence-electron chi connectivity index (χ4n) is 4.67. The highest BCUT2D eigenvalue weighted by atomic mass is 32.1. The Morgan fingerprint density at radius 2 is 1.11 bits per heavy atom. The fraction of sp³-hybridized carbons (Fsp3) is 0. The van der Waals surface area contributed by atoms with E-state index in [4.69, 9.17) is 0 Å². The Balaban J connectivity index is 1.88. The van der Waals surface area contributed by atoms with Crippen molar-refractivity contribution in [3.8, 4) is 11.1 Å². The molecule has 0 bridgehead atoms. The molecule has 2 aromatic heterocycles. The summed E-state index contributed by atoms with van der Waals surface area (Å²) in [5.41, 5.74) is 3.94. The van der Waals surface area contributed by atoms with Crippen LogP contribution in [0.25, 0.3) is 51.5 Å². The van der Waals surface area contributed by atoms with E-state index in [1.54, 1.807) is 0 Å². The molecule has 6 aromatic rings. The molecule has 1 nitrogen and oxygen atoms in total. The number of ketones is 1. The molecule has 130 valence electrons. The number of hydrogen-bond donors (Lipinski definition) is 0. The lowest BCUT2D eigenvalue weighted by Crippen LogP contribution is -1.95. The van der Waals surface area contributed by atoms with Crippen LogP contribution in [0.2, 0.25) is 0 Å². The molecule has 4 aromatic carbocycles. The average molecular weight is 393 g/mol. The van der Waals surface area contributed by atoms with E-state index in [1.807, 2.05) is 40.9 Å². The van der Waals surface area contributed by atoms with E-state index in [-0.39, 0.29) is 5.78 Å². The number of hydrogen-bond acceptors (Lipinski definition) is 3. The number of carbonyl (C=O) groups is 1. The van der Waals surface area contributed by atoms with Crippen LogP contribution < -0.4 is 0 Å². The van der Waals surface area contributed by atoms with Crippen molar-refractivity contribution < 1.29 is 4.79 Å². The Morgan fingerprint density at radius 1 is 0.536 bits per heavy atom. The van der Waals surface area contributed by atoms with Crippen molar-refractivity contribution in [2.24, 2.45) is 0 Å². The summed E-state index contributed by atoms with van der Waals surface area (Å²) in [6.07, 6.45) is 0. The molecule has 0 saturated heterocycles. The van der Waals surface area contributed by atoms with Gasteiger partial charge < -0.3 is 0 Å². The van der Waals surface area contributed by atoms with Gasteiger partial charge in [-0.3, -0.25) is 4.79 Å². The lowest BCUT2D eigenvalue weighted by molar-refractivity contribution is 0.104. The predicted octanol–water partition coefficient (Wildman–Crippen LogP) is 7.63. The van der Waals surface area contributed by atoms with Crippen LogP contribution in [-0.4, -0.2) is 5.78 Å². The van der Waals surface area contributed by atoms with Gasteiger partial charge in [0.25, 0.3) is 0 Å². The summed E-state index contributed by atoms with van der Waals surface area (Å²) in [5.74, 6) is 0.165. The lowest BCUT2D eigenvalue weighted by atomic mass is 9.97. The van der Waals surface area contributed by atoms with E-state index in [0.717, 1.165) is 27.6 Å². The second-order valence-corrected chi connectivity index (χ2v) is 9.33. The number of fused-ring (bicyclic) bond motifs is 12. The maximum absolute atomic E-state index is 13.5. The van der Waals surface area contributed by atoms with E-state index in [0.29, 0.717) is 0 Å². The van der Waals surface area contributed by atoms with Crippen LogP contribution in [0.5, 0.6) is 0 Å². The van der Waals surface area contributed by atoms with Crippen molar-refractivity contribution in [1.29, 1.82) is 0 Å².